The van der Waals surface area contributed by atoms with Crippen LogP contribution in [0.4, 0.5) is 5.82 Å². The molecule has 0 bridgehead atoms. The van der Waals surface area contributed by atoms with E-state index in [-0.39, 0.29) is 17.3 Å². The highest BCUT2D eigenvalue weighted by molar-refractivity contribution is 7.91. The minimum Gasteiger partial charge on any atom is -0.484 e. The van der Waals surface area contributed by atoms with Gasteiger partial charge in [0, 0.05) is 6.54 Å². The summed E-state index contributed by atoms with van der Waals surface area (Å²) in [5.41, 5.74) is 1.91. The molecule has 0 saturated heterocycles. The van der Waals surface area contributed by atoms with Gasteiger partial charge in [0.05, 0.1) is 16.2 Å². The van der Waals surface area contributed by atoms with Gasteiger partial charge in [-0.3, -0.25) is 15.2 Å². The Labute approximate surface area is 168 Å². The number of nitrogens with one attached hydrogen (secondary N) is 3. The summed E-state index contributed by atoms with van der Waals surface area (Å²) in [4.78, 5) is 12.5. The largest absolute Gasteiger partial charge is 0.484 e. The lowest BCUT2D eigenvalue weighted by Gasteiger charge is -2.15. The number of anilines is 1. The number of sulfone groups is 1. The first-order valence-corrected chi connectivity index (χ1v) is 10.6. The van der Waals surface area contributed by atoms with Crippen molar-refractivity contribution in [2.75, 3.05) is 11.9 Å². The smallest absolute Gasteiger partial charge is 0.263 e. The van der Waals surface area contributed by atoms with E-state index in [1.165, 1.54) is 0 Å². The molecule has 4 rings (SSSR count). The molecule has 0 aliphatic carbocycles. The molecule has 1 atom stereocenters. The van der Waals surface area contributed by atoms with Crippen molar-refractivity contribution in [2.45, 2.75) is 23.7 Å². The van der Waals surface area contributed by atoms with Gasteiger partial charge in [0.1, 0.15) is 11.1 Å². The molecule has 1 aliphatic rings. The number of nitrogens with zero attached hydrogens (tertiary/aromatic N) is 1. The summed E-state index contributed by atoms with van der Waals surface area (Å²) >= 11 is 0. The highest BCUT2D eigenvalue weighted by atomic mass is 32.2. The molecule has 3 N–H and O–H groups in total. The zero-order valence-corrected chi connectivity index (χ0v) is 16.5. The first-order chi connectivity index (χ1) is 13.9. The number of carbonyl (C=O) groups is 1. The highest BCUT2D eigenvalue weighted by Gasteiger charge is 2.38. The minimum absolute atomic E-state index is 0.188. The third-order valence-electron chi connectivity index (χ3n) is 4.61. The Morgan fingerprint density at radius 3 is 2.76 bits per heavy atom. The van der Waals surface area contributed by atoms with Crippen molar-refractivity contribution in [3.8, 4) is 5.75 Å². The standard InChI is InChI=1S/C20H20N4O4S/c1-13-6-5-9-15(10-13)29(26,27)20-18-16(11-21-20)23-24-19(18)22-17(25)12-28-14-7-3-2-4-8-14/h2-10,20-21H,11-12H2,1H3,(H2,22,23,24,25). The molecule has 2 heterocycles. The quantitative estimate of drug-likeness (QED) is 0.573. The van der Waals surface area contributed by atoms with E-state index in [4.69, 9.17) is 4.74 Å². The van der Waals surface area contributed by atoms with Gasteiger partial charge < -0.3 is 10.1 Å². The van der Waals surface area contributed by atoms with E-state index in [9.17, 15) is 13.2 Å². The average Bonchev–Trinajstić information content (AvgIpc) is 3.30. The van der Waals surface area contributed by atoms with E-state index in [1.54, 1.807) is 42.5 Å². The molecule has 2 aromatic carbocycles. The molecule has 0 fully saturated rings. The molecule has 0 saturated carbocycles. The summed E-state index contributed by atoms with van der Waals surface area (Å²) in [6.45, 7) is 1.94. The van der Waals surface area contributed by atoms with Gasteiger partial charge in [-0.05, 0) is 36.8 Å². The topological polar surface area (TPSA) is 113 Å². The second kappa shape index (κ2) is 7.69. The number of aryl methyl sites for hydroxylation is 1. The maximum atomic E-state index is 13.2. The fraction of sp³-hybridized carbons (Fsp3) is 0.200. The first kappa shape index (κ1) is 19.2. The minimum atomic E-state index is -3.71. The molecular weight excluding hydrogens is 392 g/mol. The number of aromatic nitrogens is 2. The molecule has 0 spiro atoms. The summed E-state index contributed by atoms with van der Waals surface area (Å²) in [5, 5.41) is 11.5. The van der Waals surface area contributed by atoms with E-state index in [1.807, 2.05) is 19.1 Å². The van der Waals surface area contributed by atoms with Crippen LogP contribution in [0.25, 0.3) is 0 Å². The van der Waals surface area contributed by atoms with Crippen LogP contribution in [0.3, 0.4) is 0 Å². The number of hydrogen-bond acceptors (Lipinski definition) is 6. The van der Waals surface area contributed by atoms with Crippen molar-refractivity contribution in [2.24, 2.45) is 0 Å². The van der Waals surface area contributed by atoms with Crippen LogP contribution in [0, 0.1) is 6.92 Å². The second-order valence-corrected chi connectivity index (χ2v) is 8.77. The molecule has 150 valence electrons. The van der Waals surface area contributed by atoms with Crippen LogP contribution < -0.4 is 15.4 Å². The van der Waals surface area contributed by atoms with Crippen LogP contribution >= 0.6 is 0 Å². The van der Waals surface area contributed by atoms with Gasteiger partial charge in [-0.15, -0.1) is 0 Å². The normalized spacial score (nSPS) is 15.7. The van der Waals surface area contributed by atoms with Crippen LogP contribution in [0.5, 0.6) is 5.75 Å². The summed E-state index contributed by atoms with van der Waals surface area (Å²) < 4.78 is 31.7. The monoisotopic (exact) mass is 412 g/mol. The Bertz CT molecular complexity index is 1140. The lowest BCUT2D eigenvalue weighted by atomic mass is 10.2. The van der Waals surface area contributed by atoms with E-state index < -0.39 is 21.1 Å². The number of amides is 1. The van der Waals surface area contributed by atoms with Crippen LogP contribution in [-0.2, 0) is 21.2 Å². The zero-order valence-electron chi connectivity index (χ0n) is 15.7. The third-order valence-corrected chi connectivity index (χ3v) is 6.54. The van der Waals surface area contributed by atoms with Crippen LogP contribution in [0.1, 0.15) is 22.2 Å². The third kappa shape index (κ3) is 3.87. The Morgan fingerprint density at radius 2 is 2.00 bits per heavy atom. The van der Waals surface area contributed by atoms with Crippen molar-refractivity contribution >= 4 is 21.6 Å². The lowest BCUT2D eigenvalue weighted by Crippen LogP contribution is -2.25. The number of fused-ring (bicyclic) bond motifs is 1. The molecule has 9 heteroatoms. The zero-order chi connectivity index (χ0) is 20.4. The highest BCUT2D eigenvalue weighted by Crippen LogP contribution is 2.37. The Morgan fingerprint density at radius 1 is 1.21 bits per heavy atom. The van der Waals surface area contributed by atoms with Gasteiger partial charge in [-0.2, -0.15) is 5.10 Å². The summed E-state index contributed by atoms with van der Waals surface area (Å²) in [6, 6.07) is 15.7. The molecule has 1 aromatic heterocycles. The van der Waals surface area contributed by atoms with Gasteiger partial charge in [0.2, 0.25) is 0 Å². The van der Waals surface area contributed by atoms with E-state index in [0.717, 1.165) is 5.56 Å². The van der Waals surface area contributed by atoms with Gasteiger partial charge in [0.15, 0.2) is 22.3 Å². The number of H-pyrrole nitrogens is 1. The Kier molecular flexibility index (Phi) is 5.08. The van der Waals surface area contributed by atoms with Crippen molar-refractivity contribution < 1.29 is 17.9 Å². The number of carbonyl (C=O) groups excluding carboxylic acids is 1. The number of ether oxygens (including phenoxy) is 1. The van der Waals surface area contributed by atoms with E-state index in [2.05, 4.69) is 20.8 Å². The number of rotatable bonds is 6. The number of benzene rings is 2. The first-order valence-electron chi connectivity index (χ1n) is 9.04. The van der Waals surface area contributed by atoms with Crippen molar-refractivity contribution in [3.63, 3.8) is 0 Å². The fourth-order valence-corrected chi connectivity index (χ4v) is 4.98. The van der Waals surface area contributed by atoms with Crippen molar-refractivity contribution in [3.05, 3.63) is 71.4 Å². The summed E-state index contributed by atoms with van der Waals surface area (Å²) in [6.07, 6.45) is 0. The molecule has 1 amide bonds. The van der Waals surface area contributed by atoms with Gasteiger partial charge in [-0.1, -0.05) is 30.3 Å². The lowest BCUT2D eigenvalue weighted by molar-refractivity contribution is -0.118. The number of para-hydroxylation sites is 1. The maximum Gasteiger partial charge on any atom is 0.263 e. The predicted octanol–water partition coefficient (Wildman–Crippen LogP) is 2.31. The van der Waals surface area contributed by atoms with Crippen molar-refractivity contribution in [1.29, 1.82) is 0 Å². The second-order valence-electron chi connectivity index (χ2n) is 6.74. The average molecular weight is 412 g/mol. The molecular formula is C20H20N4O4S. The molecule has 29 heavy (non-hydrogen) atoms. The fourth-order valence-electron chi connectivity index (χ4n) is 3.22. The Balaban J connectivity index is 1.53. The number of hydrogen-bond donors (Lipinski definition) is 3. The van der Waals surface area contributed by atoms with Gasteiger partial charge >= 0.3 is 0 Å². The van der Waals surface area contributed by atoms with E-state index in [0.29, 0.717) is 23.6 Å². The molecule has 8 nitrogen and oxygen atoms in total. The Hall–Kier alpha value is -3.17. The summed E-state index contributed by atoms with van der Waals surface area (Å²) in [5.74, 6) is 0.325. The molecule has 1 unspecified atom stereocenters. The van der Waals surface area contributed by atoms with Crippen molar-refractivity contribution in [1.82, 2.24) is 15.5 Å². The number of aromatic amines is 1. The molecule has 3 aromatic rings. The van der Waals surface area contributed by atoms with Gasteiger partial charge in [0.25, 0.3) is 5.91 Å². The SMILES string of the molecule is Cc1cccc(S(=O)(=O)C2NCc3[nH]nc(NC(=O)COc4ccccc4)c32)c1. The van der Waals surface area contributed by atoms with Crippen LogP contribution in [0.2, 0.25) is 0 Å². The van der Waals surface area contributed by atoms with Gasteiger partial charge in [-0.25, -0.2) is 8.42 Å². The molecule has 0 radical (unpaired) electrons. The molecule has 1 aliphatic heterocycles. The van der Waals surface area contributed by atoms with Crippen LogP contribution in [-0.4, -0.2) is 31.1 Å². The predicted molar refractivity (Wildman–Crippen MR) is 107 cm³/mol. The maximum absolute atomic E-state index is 13.2. The van der Waals surface area contributed by atoms with E-state index >= 15 is 0 Å². The van der Waals surface area contributed by atoms with Crippen LogP contribution in [0.15, 0.2) is 59.5 Å². The summed E-state index contributed by atoms with van der Waals surface area (Å²) in [7, 11) is -3.71.